The number of hydrogen-bond acceptors (Lipinski definition) is 5. The van der Waals surface area contributed by atoms with Crippen molar-refractivity contribution in [3.8, 4) is 0 Å². The van der Waals surface area contributed by atoms with Gasteiger partial charge in [0.15, 0.2) is 11.6 Å². The highest BCUT2D eigenvalue weighted by molar-refractivity contribution is 5.59. The summed E-state index contributed by atoms with van der Waals surface area (Å²) in [5.74, 6) is -5.73. The van der Waals surface area contributed by atoms with Gasteiger partial charge in [0.05, 0.1) is 12.3 Å². The van der Waals surface area contributed by atoms with Gasteiger partial charge in [0.2, 0.25) is 0 Å². The molecule has 4 N–H and O–H groups in total. The van der Waals surface area contributed by atoms with Gasteiger partial charge in [-0.1, -0.05) is 6.08 Å². The summed E-state index contributed by atoms with van der Waals surface area (Å²) >= 11 is 0. The van der Waals surface area contributed by atoms with Crippen LogP contribution < -0.4 is 0 Å². The van der Waals surface area contributed by atoms with Crippen molar-refractivity contribution in [1.29, 1.82) is 0 Å². The lowest BCUT2D eigenvalue weighted by Crippen LogP contribution is -2.48. The van der Waals surface area contributed by atoms with E-state index in [1.54, 1.807) is 0 Å². The van der Waals surface area contributed by atoms with E-state index in [9.17, 15) is 4.79 Å². The Balaban J connectivity index is 2.92. The smallest absolute Gasteiger partial charge is 0.187 e. The van der Waals surface area contributed by atoms with Crippen LogP contribution in [0.15, 0.2) is 12.2 Å². The lowest BCUT2D eigenvalue weighted by Gasteiger charge is -2.34. The molecule has 1 unspecified atom stereocenters. The maximum atomic E-state index is 10.3. The topological polar surface area (TPSA) is 98.0 Å². The summed E-state index contributed by atoms with van der Waals surface area (Å²) in [6.07, 6.45) is 1.65. The van der Waals surface area contributed by atoms with Crippen LogP contribution in [0.1, 0.15) is 6.42 Å². The van der Waals surface area contributed by atoms with Crippen LogP contribution in [0, 0.1) is 5.92 Å². The Morgan fingerprint density at radius 3 is 2.33 bits per heavy atom. The molecule has 0 spiro atoms. The average molecular weight is 174 g/mol. The summed E-state index contributed by atoms with van der Waals surface area (Å²) in [5.41, 5.74) is 0. The Bertz CT molecular complexity index is 218. The second-order valence-electron chi connectivity index (χ2n) is 2.95. The van der Waals surface area contributed by atoms with Gasteiger partial charge < -0.3 is 25.2 Å². The molecule has 1 aliphatic carbocycles. The number of aliphatic hydroxyl groups is 4. The summed E-state index contributed by atoms with van der Waals surface area (Å²) in [7, 11) is 0. The van der Waals surface area contributed by atoms with Crippen molar-refractivity contribution in [3.05, 3.63) is 12.2 Å². The van der Waals surface area contributed by atoms with Crippen molar-refractivity contribution < 1.29 is 25.2 Å². The molecule has 1 atom stereocenters. The van der Waals surface area contributed by atoms with Gasteiger partial charge >= 0.3 is 0 Å². The number of carbonyl (C=O) groups is 1. The van der Waals surface area contributed by atoms with Crippen LogP contribution in [-0.4, -0.2) is 38.3 Å². The van der Waals surface area contributed by atoms with E-state index in [4.69, 9.17) is 20.4 Å². The van der Waals surface area contributed by atoms with Crippen LogP contribution in [0.5, 0.6) is 0 Å². The Morgan fingerprint density at radius 1 is 1.33 bits per heavy atom. The molecule has 0 fully saturated rings. The molecule has 0 aromatic rings. The zero-order valence-corrected chi connectivity index (χ0v) is 6.21. The van der Waals surface area contributed by atoms with Crippen LogP contribution in [-0.2, 0) is 4.79 Å². The first-order chi connectivity index (χ1) is 5.37. The SMILES string of the molecule is O=CC1C=CC(O)(O)CC1(O)O. The molecule has 1 aliphatic rings. The first-order valence-corrected chi connectivity index (χ1v) is 3.41. The molecule has 5 heteroatoms. The van der Waals surface area contributed by atoms with Gasteiger partial charge in [-0.15, -0.1) is 0 Å². The minimum absolute atomic E-state index is 0.339. The standard InChI is InChI=1S/C7H10O5/c8-3-5-1-2-6(9,10)4-7(5,11)12/h1-3,5,9-12H,4H2. The van der Waals surface area contributed by atoms with Gasteiger partial charge in [-0.2, -0.15) is 0 Å². The van der Waals surface area contributed by atoms with Crippen LogP contribution in [0.4, 0.5) is 0 Å². The molecule has 0 saturated heterocycles. The summed E-state index contributed by atoms with van der Waals surface area (Å²) in [5, 5.41) is 36.2. The lowest BCUT2D eigenvalue weighted by atomic mass is 9.87. The normalized spacial score (nSPS) is 31.5. The molecule has 5 nitrogen and oxygen atoms in total. The van der Waals surface area contributed by atoms with Gasteiger partial charge in [-0.05, 0) is 6.08 Å². The van der Waals surface area contributed by atoms with E-state index in [1.807, 2.05) is 0 Å². The number of rotatable bonds is 1. The van der Waals surface area contributed by atoms with Gasteiger partial charge in [-0.25, -0.2) is 0 Å². The van der Waals surface area contributed by atoms with Crippen molar-refractivity contribution in [2.45, 2.75) is 18.0 Å². The first-order valence-electron chi connectivity index (χ1n) is 3.41. The first kappa shape index (κ1) is 9.34. The predicted octanol–water partition coefficient (Wildman–Crippen LogP) is -1.88. The minimum atomic E-state index is -2.38. The van der Waals surface area contributed by atoms with Crippen molar-refractivity contribution >= 4 is 6.29 Å². The van der Waals surface area contributed by atoms with Crippen LogP contribution in [0.2, 0.25) is 0 Å². The molecule has 0 bridgehead atoms. The van der Waals surface area contributed by atoms with Crippen LogP contribution in [0.3, 0.4) is 0 Å². The zero-order chi connectivity index (χ0) is 9.41. The molecule has 0 amide bonds. The summed E-state index contributed by atoms with van der Waals surface area (Å²) in [4.78, 5) is 10.3. The fraction of sp³-hybridized carbons (Fsp3) is 0.571. The maximum Gasteiger partial charge on any atom is 0.187 e. The molecule has 1 rings (SSSR count). The van der Waals surface area contributed by atoms with E-state index in [1.165, 1.54) is 0 Å². The molecule has 0 heterocycles. The third-order valence-corrected chi connectivity index (χ3v) is 1.77. The highest BCUT2D eigenvalue weighted by Gasteiger charge is 2.43. The Hall–Kier alpha value is -0.750. The fourth-order valence-electron chi connectivity index (χ4n) is 1.13. The van der Waals surface area contributed by atoms with Gasteiger partial charge in [0.25, 0.3) is 0 Å². The summed E-state index contributed by atoms with van der Waals surface area (Å²) in [6.45, 7) is 0. The Labute approximate surface area is 68.6 Å². The number of carbonyl (C=O) groups excluding carboxylic acids is 1. The number of aldehydes is 1. The molecule has 68 valence electrons. The molecule has 0 radical (unpaired) electrons. The molecule has 12 heavy (non-hydrogen) atoms. The molecular weight excluding hydrogens is 164 g/mol. The van der Waals surface area contributed by atoms with Gasteiger partial charge in [0, 0.05) is 0 Å². The second-order valence-corrected chi connectivity index (χ2v) is 2.95. The maximum absolute atomic E-state index is 10.3. The van der Waals surface area contributed by atoms with Gasteiger partial charge in [0.1, 0.15) is 6.29 Å². The van der Waals surface area contributed by atoms with Gasteiger partial charge in [-0.3, -0.25) is 0 Å². The number of hydrogen-bond donors (Lipinski definition) is 4. The van der Waals surface area contributed by atoms with Crippen molar-refractivity contribution in [3.63, 3.8) is 0 Å². The van der Waals surface area contributed by atoms with E-state index >= 15 is 0 Å². The van der Waals surface area contributed by atoms with Crippen LogP contribution in [0.25, 0.3) is 0 Å². The average Bonchev–Trinajstić information content (AvgIpc) is 1.83. The van der Waals surface area contributed by atoms with E-state index < -0.39 is 23.9 Å². The largest absolute Gasteiger partial charge is 0.365 e. The van der Waals surface area contributed by atoms with Crippen molar-refractivity contribution in [1.82, 2.24) is 0 Å². The highest BCUT2D eigenvalue weighted by atomic mass is 16.5. The third kappa shape index (κ3) is 1.70. The monoisotopic (exact) mass is 174 g/mol. The van der Waals surface area contributed by atoms with E-state index in [-0.39, 0.29) is 0 Å². The van der Waals surface area contributed by atoms with E-state index in [0.29, 0.717) is 6.29 Å². The molecule has 0 aromatic carbocycles. The molecule has 0 aromatic heterocycles. The molecule has 0 saturated carbocycles. The Morgan fingerprint density at radius 2 is 1.92 bits per heavy atom. The Kier molecular flexibility index (Phi) is 2.05. The molecular formula is C7H10O5. The minimum Gasteiger partial charge on any atom is -0.365 e. The second kappa shape index (κ2) is 2.63. The quantitative estimate of drug-likeness (QED) is 0.212. The van der Waals surface area contributed by atoms with E-state index in [0.717, 1.165) is 12.2 Å². The highest BCUT2D eigenvalue weighted by Crippen LogP contribution is 2.30. The van der Waals surface area contributed by atoms with Crippen molar-refractivity contribution in [2.24, 2.45) is 5.92 Å². The fourth-order valence-corrected chi connectivity index (χ4v) is 1.13. The predicted molar refractivity (Wildman–Crippen MR) is 37.6 cm³/mol. The zero-order valence-electron chi connectivity index (χ0n) is 6.21. The molecule has 0 aliphatic heterocycles. The lowest BCUT2D eigenvalue weighted by molar-refractivity contribution is -0.254. The van der Waals surface area contributed by atoms with E-state index in [2.05, 4.69) is 0 Å². The van der Waals surface area contributed by atoms with Crippen LogP contribution >= 0.6 is 0 Å². The summed E-state index contributed by atoms with van der Waals surface area (Å²) in [6, 6.07) is 0. The third-order valence-electron chi connectivity index (χ3n) is 1.77. The van der Waals surface area contributed by atoms with Crippen molar-refractivity contribution in [2.75, 3.05) is 0 Å². The summed E-state index contributed by atoms with van der Waals surface area (Å²) < 4.78 is 0.